The van der Waals surface area contributed by atoms with Crippen LogP contribution < -0.4 is 11.1 Å². The van der Waals surface area contributed by atoms with E-state index in [2.05, 4.69) is 5.32 Å². The van der Waals surface area contributed by atoms with E-state index in [1.807, 2.05) is 18.2 Å². The summed E-state index contributed by atoms with van der Waals surface area (Å²) in [6.45, 7) is 2.04. The Balaban J connectivity index is 2.12. The average molecular weight is 206 g/mol. The highest BCUT2D eigenvalue weighted by Crippen LogP contribution is 2.30. The minimum Gasteiger partial charge on any atom is -0.508 e. The molecule has 82 valence electrons. The van der Waals surface area contributed by atoms with Crippen LogP contribution in [0, 0.1) is 5.92 Å². The molecule has 2 rings (SSSR count). The maximum atomic E-state index is 9.71. The highest BCUT2D eigenvalue weighted by Gasteiger charge is 2.23. The van der Waals surface area contributed by atoms with Crippen LogP contribution in [-0.2, 0) is 0 Å². The van der Waals surface area contributed by atoms with E-state index in [9.17, 15) is 5.11 Å². The minimum atomic E-state index is -0.0565. The molecular formula is C12H18N2O. The Morgan fingerprint density at radius 3 is 2.87 bits per heavy atom. The molecule has 1 heterocycles. The minimum absolute atomic E-state index is 0.0565. The standard InChI is InChI=1S/C12H18N2O/c13-12(9-4-3-7-14-8-9)10-5-1-2-6-11(10)15/h1-2,5-6,9,12,14-15H,3-4,7-8,13H2. The molecule has 0 radical (unpaired) electrons. The molecular weight excluding hydrogens is 188 g/mol. The summed E-state index contributed by atoms with van der Waals surface area (Å²) in [7, 11) is 0. The van der Waals surface area contributed by atoms with Gasteiger partial charge in [-0.25, -0.2) is 0 Å². The summed E-state index contributed by atoms with van der Waals surface area (Å²) >= 11 is 0. The van der Waals surface area contributed by atoms with Crippen molar-refractivity contribution in [1.82, 2.24) is 5.32 Å². The molecule has 15 heavy (non-hydrogen) atoms. The van der Waals surface area contributed by atoms with Crippen LogP contribution in [-0.4, -0.2) is 18.2 Å². The molecule has 2 unspecified atom stereocenters. The van der Waals surface area contributed by atoms with Crippen molar-refractivity contribution in [1.29, 1.82) is 0 Å². The summed E-state index contributed by atoms with van der Waals surface area (Å²) < 4.78 is 0. The van der Waals surface area contributed by atoms with Gasteiger partial charge in [-0.05, 0) is 37.9 Å². The van der Waals surface area contributed by atoms with Gasteiger partial charge in [-0.15, -0.1) is 0 Å². The number of aromatic hydroxyl groups is 1. The Morgan fingerprint density at radius 1 is 1.40 bits per heavy atom. The molecule has 0 saturated carbocycles. The molecule has 3 nitrogen and oxygen atoms in total. The fraction of sp³-hybridized carbons (Fsp3) is 0.500. The second-order valence-electron chi connectivity index (χ2n) is 4.19. The first-order chi connectivity index (χ1) is 7.29. The molecule has 1 aromatic carbocycles. The molecule has 0 amide bonds. The normalized spacial score (nSPS) is 23.7. The number of hydrogen-bond acceptors (Lipinski definition) is 3. The average Bonchev–Trinajstić information content (AvgIpc) is 2.30. The van der Waals surface area contributed by atoms with Gasteiger partial charge in [0.1, 0.15) is 5.75 Å². The summed E-state index contributed by atoms with van der Waals surface area (Å²) in [4.78, 5) is 0. The third-order valence-corrected chi connectivity index (χ3v) is 3.14. The van der Waals surface area contributed by atoms with E-state index < -0.39 is 0 Å². The maximum absolute atomic E-state index is 9.71. The second-order valence-corrected chi connectivity index (χ2v) is 4.19. The Labute approximate surface area is 90.3 Å². The molecule has 0 bridgehead atoms. The lowest BCUT2D eigenvalue weighted by Gasteiger charge is -2.28. The largest absolute Gasteiger partial charge is 0.508 e. The van der Waals surface area contributed by atoms with Crippen molar-refractivity contribution in [3.05, 3.63) is 29.8 Å². The summed E-state index contributed by atoms with van der Waals surface area (Å²) in [5.74, 6) is 0.752. The van der Waals surface area contributed by atoms with Gasteiger partial charge in [-0.2, -0.15) is 0 Å². The third-order valence-electron chi connectivity index (χ3n) is 3.14. The van der Waals surface area contributed by atoms with Crippen LogP contribution in [0.4, 0.5) is 0 Å². The summed E-state index contributed by atoms with van der Waals surface area (Å²) in [5.41, 5.74) is 7.04. The van der Waals surface area contributed by atoms with E-state index in [0.717, 1.165) is 25.1 Å². The van der Waals surface area contributed by atoms with E-state index in [1.165, 1.54) is 6.42 Å². The summed E-state index contributed by atoms with van der Waals surface area (Å²) in [6, 6.07) is 7.30. The van der Waals surface area contributed by atoms with Gasteiger partial charge in [0.2, 0.25) is 0 Å². The fourth-order valence-corrected chi connectivity index (χ4v) is 2.21. The molecule has 0 aliphatic carbocycles. The van der Waals surface area contributed by atoms with Gasteiger partial charge >= 0.3 is 0 Å². The lowest BCUT2D eigenvalue weighted by atomic mass is 9.87. The fourth-order valence-electron chi connectivity index (χ4n) is 2.21. The zero-order valence-electron chi connectivity index (χ0n) is 8.82. The Bertz CT molecular complexity index is 321. The van der Waals surface area contributed by atoms with Crippen LogP contribution in [0.1, 0.15) is 24.4 Å². The molecule has 0 aromatic heterocycles. The highest BCUT2D eigenvalue weighted by molar-refractivity contribution is 5.34. The van der Waals surface area contributed by atoms with Crippen LogP contribution in [0.25, 0.3) is 0 Å². The first-order valence-corrected chi connectivity index (χ1v) is 5.53. The van der Waals surface area contributed by atoms with Crippen LogP contribution >= 0.6 is 0 Å². The summed E-state index contributed by atoms with van der Waals surface area (Å²) in [5, 5.41) is 13.1. The van der Waals surface area contributed by atoms with Crippen LogP contribution in [0.2, 0.25) is 0 Å². The van der Waals surface area contributed by atoms with Crippen molar-refractivity contribution in [3.63, 3.8) is 0 Å². The van der Waals surface area contributed by atoms with E-state index in [-0.39, 0.29) is 6.04 Å². The molecule has 0 spiro atoms. The molecule has 1 fully saturated rings. The quantitative estimate of drug-likeness (QED) is 0.685. The van der Waals surface area contributed by atoms with Gasteiger partial charge in [0.05, 0.1) is 0 Å². The van der Waals surface area contributed by atoms with Crippen LogP contribution in [0.5, 0.6) is 5.75 Å². The number of nitrogens with one attached hydrogen (secondary N) is 1. The second kappa shape index (κ2) is 4.64. The maximum Gasteiger partial charge on any atom is 0.120 e. The monoisotopic (exact) mass is 206 g/mol. The first-order valence-electron chi connectivity index (χ1n) is 5.53. The van der Waals surface area contributed by atoms with E-state index in [4.69, 9.17) is 5.73 Å². The highest BCUT2D eigenvalue weighted by atomic mass is 16.3. The molecule has 4 N–H and O–H groups in total. The number of phenols is 1. The van der Waals surface area contributed by atoms with Crippen molar-refractivity contribution in [3.8, 4) is 5.75 Å². The number of hydrogen-bond donors (Lipinski definition) is 3. The Kier molecular flexibility index (Phi) is 3.23. The Hall–Kier alpha value is -1.06. The molecule has 1 saturated heterocycles. The van der Waals surface area contributed by atoms with Crippen molar-refractivity contribution in [2.75, 3.05) is 13.1 Å². The van der Waals surface area contributed by atoms with Gasteiger partial charge < -0.3 is 16.2 Å². The molecule has 1 aliphatic rings. The van der Waals surface area contributed by atoms with Crippen LogP contribution in [0.15, 0.2) is 24.3 Å². The smallest absolute Gasteiger partial charge is 0.120 e. The molecule has 1 aromatic rings. The van der Waals surface area contributed by atoms with E-state index >= 15 is 0 Å². The van der Waals surface area contributed by atoms with Crippen molar-refractivity contribution in [2.24, 2.45) is 11.7 Å². The van der Waals surface area contributed by atoms with Gasteiger partial charge in [0, 0.05) is 11.6 Å². The number of piperidine rings is 1. The first kappa shape index (κ1) is 10.5. The lowest BCUT2D eigenvalue weighted by molar-refractivity contribution is 0.320. The van der Waals surface area contributed by atoms with Gasteiger partial charge in [-0.3, -0.25) is 0 Å². The Morgan fingerprint density at radius 2 is 2.20 bits per heavy atom. The number of rotatable bonds is 2. The molecule has 2 atom stereocenters. The van der Waals surface area contributed by atoms with Gasteiger partial charge in [0.15, 0.2) is 0 Å². The predicted octanol–water partition coefficient (Wildman–Crippen LogP) is 1.39. The van der Waals surface area contributed by atoms with E-state index in [1.54, 1.807) is 6.07 Å². The SMILES string of the molecule is NC(c1ccccc1O)C1CCCNC1. The number of phenolic OH excluding ortho intramolecular Hbond substituents is 1. The number of para-hydroxylation sites is 1. The van der Waals surface area contributed by atoms with E-state index in [0.29, 0.717) is 11.7 Å². The zero-order chi connectivity index (χ0) is 10.7. The van der Waals surface area contributed by atoms with Crippen molar-refractivity contribution in [2.45, 2.75) is 18.9 Å². The molecule has 1 aliphatic heterocycles. The lowest BCUT2D eigenvalue weighted by Crippen LogP contribution is -2.36. The molecule has 3 heteroatoms. The topological polar surface area (TPSA) is 58.3 Å². The predicted molar refractivity (Wildman–Crippen MR) is 60.6 cm³/mol. The number of nitrogens with two attached hydrogens (primary N) is 1. The van der Waals surface area contributed by atoms with Gasteiger partial charge in [-0.1, -0.05) is 18.2 Å². The number of benzene rings is 1. The van der Waals surface area contributed by atoms with Crippen molar-refractivity contribution >= 4 is 0 Å². The van der Waals surface area contributed by atoms with Gasteiger partial charge in [0.25, 0.3) is 0 Å². The van der Waals surface area contributed by atoms with Crippen LogP contribution in [0.3, 0.4) is 0 Å². The summed E-state index contributed by atoms with van der Waals surface area (Å²) in [6.07, 6.45) is 2.31. The van der Waals surface area contributed by atoms with Crippen molar-refractivity contribution < 1.29 is 5.11 Å². The zero-order valence-corrected chi connectivity index (χ0v) is 8.82. The third kappa shape index (κ3) is 2.30.